The van der Waals surface area contributed by atoms with Crippen LogP contribution in [-0.4, -0.2) is 97.4 Å². The lowest BCUT2D eigenvalue weighted by Gasteiger charge is -2.33. The van der Waals surface area contributed by atoms with Crippen LogP contribution in [0.1, 0.15) is 52.0 Å². The fourth-order valence-electron chi connectivity index (χ4n) is 5.69. The third kappa shape index (κ3) is 8.64. The van der Waals surface area contributed by atoms with E-state index in [2.05, 4.69) is 4.90 Å². The molecule has 0 aromatic heterocycles. The second kappa shape index (κ2) is 14.3. The number of hydrogen-bond acceptors (Lipinski definition) is 8. The summed E-state index contributed by atoms with van der Waals surface area (Å²) in [6, 6.07) is 4.64. The number of aliphatic hydroxyl groups excluding tert-OH is 1. The van der Waals surface area contributed by atoms with Gasteiger partial charge in [0.2, 0.25) is 0 Å². The third-order valence-corrected chi connectivity index (χ3v) is 8.40. The van der Waals surface area contributed by atoms with E-state index in [1.54, 1.807) is 11.0 Å². The lowest BCUT2D eigenvalue weighted by Crippen LogP contribution is -2.48. The molecule has 3 heterocycles. The first-order valence-corrected chi connectivity index (χ1v) is 14.9. The van der Waals surface area contributed by atoms with E-state index in [9.17, 15) is 23.9 Å². The van der Waals surface area contributed by atoms with Crippen LogP contribution in [0.15, 0.2) is 35.9 Å². The van der Waals surface area contributed by atoms with Gasteiger partial charge in [-0.3, -0.25) is 9.59 Å². The molecule has 0 saturated carbocycles. The van der Waals surface area contributed by atoms with Crippen molar-refractivity contribution in [2.45, 2.75) is 64.8 Å². The first-order valence-electron chi connectivity index (χ1n) is 14.9. The summed E-state index contributed by atoms with van der Waals surface area (Å²) in [5.41, 5.74) is 1.92. The first kappa shape index (κ1) is 31.7. The molecule has 3 aliphatic rings. The van der Waals surface area contributed by atoms with E-state index in [1.165, 1.54) is 12.1 Å². The number of ketones is 1. The minimum Gasteiger partial charge on any atom is -0.457 e. The fraction of sp³-hybridized carbons (Fsp3) is 0.594. The lowest BCUT2D eigenvalue weighted by molar-refractivity contribution is -0.151. The third-order valence-electron chi connectivity index (χ3n) is 8.40. The summed E-state index contributed by atoms with van der Waals surface area (Å²) in [5.74, 6) is -1.19. The highest BCUT2D eigenvalue weighted by molar-refractivity contribution is 5.87. The number of esters is 1. The molecule has 0 unspecified atom stereocenters. The van der Waals surface area contributed by atoms with E-state index in [1.807, 2.05) is 50.9 Å². The van der Waals surface area contributed by atoms with Crippen molar-refractivity contribution in [1.29, 1.82) is 0 Å². The highest BCUT2D eigenvalue weighted by Gasteiger charge is 2.29. The number of benzene rings is 1. The van der Waals surface area contributed by atoms with Gasteiger partial charge in [-0.25, -0.2) is 9.18 Å². The zero-order chi connectivity index (χ0) is 30.4. The Labute approximate surface area is 247 Å². The number of carbonyl (C=O) groups excluding carboxylic acids is 3. The number of cyclic esters (lactones) is 1. The summed E-state index contributed by atoms with van der Waals surface area (Å²) in [6.07, 6.45) is 4.33. The van der Waals surface area contributed by atoms with E-state index in [0.29, 0.717) is 55.7 Å². The summed E-state index contributed by atoms with van der Waals surface area (Å²) in [5, 5.41) is 10.6. The van der Waals surface area contributed by atoms with Gasteiger partial charge in [-0.05, 0) is 68.1 Å². The van der Waals surface area contributed by atoms with Crippen molar-refractivity contribution < 1.29 is 33.4 Å². The van der Waals surface area contributed by atoms with Crippen molar-refractivity contribution in [3.05, 3.63) is 47.3 Å². The molecule has 0 bridgehead atoms. The number of piperazine rings is 1. The average Bonchev–Trinajstić information content (AvgIpc) is 3.38. The summed E-state index contributed by atoms with van der Waals surface area (Å²) < 4.78 is 26.4. The van der Waals surface area contributed by atoms with Gasteiger partial charge in [0.1, 0.15) is 18.0 Å². The monoisotopic (exact) mass is 585 g/mol. The van der Waals surface area contributed by atoms with Crippen molar-refractivity contribution in [2.75, 3.05) is 51.2 Å². The van der Waals surface area contributed by atoms with Crippen molar-refractivity contribution >= 4 is 29.6 Å². The predicted molar refractivity (Wildman–Crippen MR) is 158 cm³/mol. The molecule has 1 aromatic rings. The zero-order valence-corrected chi connectivity index (χ0v) is 25.1. The molecule has 10 heteroatoms. The Bertz CT molecular complexity index is 1190. The van der Waals surface area contributed by atoms with Gasteiger partial charge < -0.3 is 29.3 Å². The molecule has 42 heavy (non-hydrogen) atoms. The van der Waals surface area contributed by atoms with Crippen LogP contribution in [0.2, 0.25) is 0 Å². The molecule has 0 spiro atoms. The molecule has 1 N–H and O–H groups in total. The molecule has 4 rings (SSSR count). The topological polar surface area (TPSA) is 99.6 Å². The smallest absolute Gasteiger partial charge is 0.410 e. The number of anilines is 1. The Morgan fingerprint density at radius 3 is 2.50 bits per heavy atom. The van der Waals surface area contributed by atoms with Crippen LogP contribution in [-0.2, 0) is 19.1 Å². The summed E-state index contributed by atoms with van der Waals surface area (Å²) in [4.78, 5) is 43.3. The molecule has 1 aromatic carbocycles. The van der Waals surface area contributed by atoms with E-state index in [4.69, 9.17) is 9.47 Å². The quantitative estimate of drug-likeness (QED) is 0.418. The lowest BCUT2D eigenvalue weighted by atomic mass is 9.91. The molecular weight excluding hydrogens is 541 g/mol. The SMILES string of the molecule is C/C(=C\c1cc(F)cc(N2CCC(=O)C2)c1)[C@H]1OC(=O)C[C@H](O)CC[C@H](C)[C@@H](OC(=O)N2CCN(C)CC2)/C=C/[C@@H]1C. The Kier molecular flexibility index (Phi) is 10.8. The van der Waals surface area contributed by atoms with Crippen molar-refractivity contribution in [3.8, 4) is 0 Å². The number of Topliss-reactive ketones (excluding diaryl/α,β-unsaturated/α-hetero) is 1. The number of hydrogen-bond donors (Lipinski definition) is 1. The Balaban J connectivity index is 1.56. The minimum atomic E-state index is -0.883. The van der Waals surface area contributed by atoms with E-state index in [0.717, 1.165) is 13.1 Å². The maximum Gasteiger partial charge on any atom is 0.410 e. The van der Waals surface area contributed by atoms with Crippen LogP contribution in [0.5, 0.6) is 0 Å². The normalized spacial score (nSPS) is 29.5. The second-order valence-corrected chi connectivity index (χ2v) is 12.0. The summed E-state index contributed by atoms with van der Waals surface area (Å²) >= 11 is 0. The van der Waals surface area contributed by atoms with Crippen LogP contribution < -0.4 is 4.90 Å². The Hall–Kier alpha value is -3.24. The number of aliphatic hydroxyl groups is 1. The van der Waals surface area contributed by atoms with Crippen molar-refractivity contribution in [3.63, 3.8) is 0 Å². The number of ether oxygens (including phenoxy) is 2. The number of carbonyl (C=O) groups is 3. The second-order valence-electron chi connectivity index (χ2n) is 12.0. The van der Waals surface area contributed by atoms with Crippen LogP contribution in [0, 0.1) is 17.7 Å². The zero-order valence-electron chi connectivity index (χ0n) is 25.1. The molecule has 230 valence electrons. The van der Waals surface area contributed by atoms with E-state index < -0.39 is 30.1 Å². The van der Waals surface area contributed by atoms with Gasteiger partial charge in [-0.15, -0.1) is 0 Å². The number of halogens is 1. The minimum absolute atomic E-state index is 0.0757. The summed E-state index contributed by atoms with van der Waals surface area (Å²) in [7, 11) is 2.02. The molecule has 0 aliphatic carbocycles. The summed E-state index contributed by atoms with van der Waals surface area (Å²) in [6.45, 7) is 9.30. The van der Waals surface area contributed by atoms with Gasteiger partial charge in [0.05, 0.1) is 19.1 Å². The standard InChI is InChI=1S/C32H44FN3O6/c1-21-5-7-27(37)19-30(39)42-31(22(2)6-8-29(21)41-32(40)35-13-11-34(4)12-14-35)23(3)15-24-16-25(33)18-26(17-24)36-10-9-28(38)20-36/h6,8,15-18,21-22,27,29,31,37H,5,7,9-14,19-20H2,1-4H3/b8-6+,23-15+/t21-,22-,27+,29-,31-/m0/s1. The van der Waals surface area contributed by atoms with Crippen LogP contribution in [0.25, 0.3) is 6.08 Å². The van der Waals surface area contributed by atoms with E-state index >= 15 is 0 Å². The maximum absolute atomic E-state index is 14.6. The van der Waals surface area contributed by atoms with Gasteiger partial charge in [-0.2, -0.15) is 0 Å². The predicted octanol–water partition coefficient (Wildman–Crippen LogP) is 4.05. The van der Waals surface area contributed by atoms with Crippen LogP contribution in [0.4, 0.5) is 14.9 Å². The van der Waals surface area contributed by atoms with Crippen LogP contribution >= 0.6 is 0 Å². The number of nitrogens with zero attached hydrogens (tertiary/aromatic N) is 3. The number of likely N-dealkylation sites (N-methyl/N-ethyl adjacent to an activating group) is 1. The number of amides is 1. The molecule has 0 radical (unpaired) electrons. The van der Waals surface area contributed by atoms with Crippen molar-refractivity contribution in [1.82, 2.24) is 9.80 Å². The van der Waals surface area contributed by atoms with Crippen LogP contribution in [0.3, 0.4) is 0 Å². The molecule has 2 fully saturated rings. The van der Waals surface area contributed by atoms with Gasteiger partial charge in [0.15, 0.2) is 5.78 Å². The molecule has 5 atom stereocenters. The van der Waals surface area contributed by atoms with Gasteiger partial charge >= 0.3 is 12.1 Å². The Morgan fingerprint density at radius 1 is 1.07 bits per heavy atom. The molecule has 9 nitrogen and oxygen atoms in total. The highest BCUT2D eigenvalue weighted by Crippen LogP contribution is 2.28. The molecular formula is C32H44FN3O6. The largest absolute Gasteiger partial charge is 0.457 e. The average molecular weight is 586 g/mol. The fourth-order valence-corrected chi connectivity index (χ4v) is 5.69. The van der Waals surface area contributed by atoms with Gasteiger partial charge in [-0.1, -0.05) is 26.0 Å². The number of rotatable bonds is 4. The Morgan fingerprint density at radius 2 is 1.81 bits per heavy atom. The first-order chi connectivity index (χ1) is 20.0. The molecule has 2 saturated heterocycles. The van der Waals surface area contributed by atoms with E-state index in [-0.39, 0.29) is 36.7 Å². The molecule has 3 aliphatic heterocycles. The maximum atomic E-state index is 14.6. The van der Waals surface area contributed by atoms with Crippen molar-refractivity contribution in [2.24, 2.45) is 11.8 Å². The highest BCUT2D eigenvalue weighted by atomic mass is 19.1. The van der Waals surface area contributed by atoms with Gasteiger partial charge in [0, 0.05) is 50.7 Å². The molecule has 1 amide bonds. The van der Waals surface area contributed by atoms with Gasteiger partial charge in [0.25, 0.3) is 0 Å².